The molecule has 1 aromatic rings. The van der Waals surface area contributed by atoms with Gasteiger partial charge in [0.25, 0.3) is 0 Å². The third kappa shape index (κ3) is 4.03. The maximum Gasteiger partial charge on any atom is 0.227 e. The Labute approximate surface area is 124 Å². The van der Waals surface area contributed by atoms with E-state index in [1.165, 1.54) is 0 Å². The van der Waals surface area contributed by atoms with Gasteiger partial charge in [-0.1, -0.05) is 19.0 Å². The summed E-state index contributed by atoms with van der Waals surface area (Å²) in [5, 5.41) is 3.88. The van der Waals surface area contributed by atoms with Crippen LogP contribution in [0.1, 0.15) is 44.8 Å². The maximum atomic E-state index is 12.1. The molecule has 2 amide bonds. The van der Waals surface area contributed by atoms with Crippen LogP contribution < -0.4 is 0 Å². The molecule has 0 unspecified atom stereocenters. The molecule has 116 valence electrons. The average Bonchev–Trinajstić information content (AvgIpc) is 2.94. The van der Waals surface area contributed by atoms with Crippen LogP contribution in [0.3, 0.4) is 0 Å². The summed E-state index contributed by atoms with van der Waals surface area (Å²) >= 11 is 0. The van der Waals surface area contributed by atoms with Gasteiger partial charge in [-0.05, 0) is 0 Å². The van der Waals surface area contributed by atoms with Gasteiger partial charge in [0.15, 0.2) is 5.82 Å². The first-order chi connectivity index (χ1) is 9.97. The predicted molar refractivity (Wildman–Crippen MR) is 75.5 cm³/mol. The number of nitrogens with zero attached hydrogens (tertiary/aromatic N) is 4. The number of carbonyl (C=O) groups excluding carboxylic acids is 2. The van der Waals surface area contributed by atoms with Gasteiger partial charge in [-0.3, -0.25) is 9.59 Å². The first-order valence-corrected chi connectivity index (χ1v) is 7.33. The molecule has 1 aliphatic rings. The first-order valence-electron chi connectivity index (χ1n) is 7.33. The van der Waals surface area contributed by atoms with E-state index in [2.05, 4.69) is 10.1 Å². The van der Waals surface area contributed by atoms with Crippen LogP contribution in [-0.2, 0) is 16.0 Å². The van der Waals surface area contributed by atoms with Gasteiger partial charge in [0, 0.05) is 51.9 Å². The SMILES string of the molecule is CC(=O)N1CCN(C(=O)CCc2nc(C(C)C)no2)CC1. The third-order valence-electron chi connectivity index (χ3n) is 3.63. The normalized spacial score (nSPS) is 15.6. The Morgan fingerprint density at radius 1 is 1.19 bits per heavy atom. The van der Waals surface area contributed by atoms with E-state index >= 15 is 0 Å². The van der Waals surface area contributed by atoms with Crippen molar-refractivity contribution in [3.05, 3.63) is 11.7 Å². The lowest BCUT2D eigenvalue weighted by Gasteiger charge is -2.34. The van der Waals surface area contributed by atoms with Crippen molar-refractivity contribution < 1.29 is 14.1 Å². The van der Waals surface area contributed by atoms with E-state index in [-0.39, 0.29) is 17.7 Å². The second kappa shape index (κ2) is 6.69. The molecule has 0 aliphatic carbocycles. The smallest absolute Gasteiger partial charge is 0.227 e. The second-order valence-corrected chi connectivity index (χ2v) is 5.59. The van der Waals surface area contributed by atoms with Gasteiger partial charge < -0.3 is 14.3 Å². The van der Waals surface area contributed by atoms with Gasteiger partial charge in [0.05, 0.1) is 0 Å². The summed E-state index contributed by atoms with van der Waals surface area (Å²) in [5.74, 6) is 1.54. The molecular formula is C14H22N4O3. The summed E-state index contributed by atoms with van der Waals surface area (Å²) < 4.78 is 5.13. The summed E-state index contributed by atoms with van der Waals surface area (Å²) in [4.78, 5) is 31.2. The average molecular weight is 294 g/mol. The van der Waals surface area contributed by atoms with Crippen molar-refractivity contribution in [2.45, 2.75) is 39.5 Å². The molecule has 0 N–H and O–H groups in total. The molecule has 2 heterocycles. The number of aryl methyl sites for hydroxylation is 1. The fraction of sp³-hybridized carbons (Fsp3) is 0.714. The first kappa shape index (κ1) is 15.5. The third-order valence-corrected chi connectivity index (χ3v) is 3.63. The topological polar surface area (TPSA) is 79.5 Å². The maximum absolute atomic E-state index is 12.1. The van der Waals surface area contributed by atoms with E-state index in [9.17, 15) is 9.59 Å². The monoisotopic (exact) mass is 294 g/mol. The summed E-state index contributed by atoms with van der Waals surface area (Å²) in [5.41, 5.74) is 0. The van der Waals surface area contributed by atoms with Crippen LogP contribution in [0.15, 0.2) is 4.52 Å². The summed E-state index contributed by atoms with van der Waals surface area (Å²) in [6.07, 6.45) is 0.825. The lowest BCUT2D eigenvalue weighted by Crippen LogP contribution is -2.50. The van der Waals surface area contributed by atoms with E-state index in [4.69, 9.17) is 4.52 Å². The fourth-order valence-electron chi connectivity index (χ4n) is 2.25. The molecule has 1 saturated heterocycles. The molecule has 1 fully saturated rings. The molecule has 0 bridgehead atoms. The Kier molecular flexibility index (Phi) is 4.93. The molecule has 1 aliphatic heterocycles. The highest BCUT2D eigenvalue weighted by Crippen LogP contribution is 2.11. The van der Waals surface area contributed by atoms with Crippen molar-refractivity contribution in [1.29, 1.82) is 0 Å². The molecular weight excluding hydrogens is 272 g/mol. The molecule has 1 aromatic heterocycles. The van der Waals surface area contributed by atoms with Gasteiger partial charge in [-0.25, -0.2) is 0 Å². The number of piperazine rings is 1. The molecule has 0 spiro atoms. The zero-order valence-corrected chi connectivity index (χ0v) is 12.8. The quantitative estimate of drug-likeness (QED) is 0.821. The lowest BCUT2D eigenvalue weighted by molar-refractivity contribution is -0.138. The van der Waals surface area contributed by atoms with Crippen molar-refractivity contribution in [2.24, 2.45) is 0 Å². The Bertz CT molecular complexity index is 504. The minimum atomic E-state index is 0.0640. The van der Waals surface area contributed by atoms with Crippen LogP contribution >= 0.6 is 0 Å². The van der Waals surface area contributed by atoms with Crippen LogP contribution in [0.25, 0.3) is 0 Å². The molecule has 21 heavy (non-hydrogen) atoms. The summed E-state index contributed by atoms with van der Waals surface area (Å²) in [7, 11) is 0. The number of amides is 2. The summed E-state index contributed by atoms with van der Waals surface area (Å²) in [6.45, 7) is 7.96. The van der Waals surface area contributed by atoms with Gasteiger partial charge in [0.1, 0.15) is 0 Å². The van der Waals surface area contributed by atoms with Gasteiger partial charge in [0.2, 0.25) is 17.7 Å². The Hall–Kier alpha value is -1.92. The molecule has 7 heteroatoms. The lowest BCUT2D eigenvalue weighted by atomic mass is 10.2. The highest BCUT2D eigenvalue weighted by molar-refractivity contribution is 5.77. The van der Waals surface area contributed by atoms with Gasteiger partial charge in [-0.15, -0.1) is 0 Å². The highest BCUT2D eigenvalue weighted by atomic mass is 16.5. The zero-order chi connectivity index (χ0) is 15.4. The molecule has 2 rings (SSSR count). The molecule has 0 radical (unpaired) electrons. The second-order valence-electron chi connectivity index (χ2n) is 5.59. The molecule has 0 atom stereocenters. The van der Waals surface area contributed by atoms with Gasteiger partial charge >= 0.3 is 0 Å². The van der Waals surface area contributed by atoms with Crippen molar-refractivity contribution in [2.75, 3.05) is 26.2 Å². The number of carbonyl (C=O) groups is 2. The van der Waals surface area contributed by atoms with E-state index < -0.39 is 0 Å². The number of hydrogen-bond acceptors (Lipinski definition) is 5. The van der Waals surface area contributed by atoms with Crippen LogP contribution in [-0.4, -0.2) is 57.9 Å². The fourth-order valence-corrected chi connectivity index (χ4v) is 2.25. The van der Waals surface area contributed by atoms with E-state index in [0.29, 0.717) is 50.7 Å². The van der Waals surface area contributed by atoms with Crippen LogP contribution in [0.4, 0.5) is 0 Å². The predicted octanol–water partition coefficient (Wildman–Crippen LogP) is 0.816. The minimum absolute atomic E-state index is 0.0640. The van der Waals surface area contributed by atoms with Crippen LogP contribution in [0.2, 0.25) is 0 Å². The van der Waals surface area contributed by atoms with E-state index in [1.807, 2.05) is 13.8 Å². The highest BCUT2D eigenvalue weighted by Gasteiger charge is 2.22. The number of hydrogen-bond donors (Lipinski definition) is 0. The minimum Gasteiger partial charge on any atom is -0.339 e. The Morgan fingerprint density at radius 2 is 1.81 bits per heavy atom. The van der Waals surface area contributed by atoms with Gasteiger partial charge in [-0.2, -0.15) is 4.98 Å². The van der Waals surface area contributed by atoms with Crippen molar-refractivity contribution >= 4 is 11.8 Å². The standard InChI is InChI=1S/C14H22N4O3/c1-10(2)14-15-12(21-16-14)4-5-13(20)18-8-6-17(7-9-18)11(3)19/h10H,4-9H2,1-3H3. The van der Waals surface area contributed by atoms with Crippen molar-refractivity contribution in [3.8, 4) is 0 Å². The van der Waals surface area contributed by atoms with E-state index in [1.54, 1.807) is 16.7 Å². The zero-order valence-electron chi connectivity index (χ0n) is 12.8. The van der Waals surface area contributed by atoms with Crippen LogP contribution in [0, 0.1) is 0 Å². The van der Waals surface area contributed by atoms with Crippen LogP contribution in [0.5, 0.6) is 0 Å². The Balaban J connectivity index is 1.78. The summed E-state index contributed by atoms with van der Waals surface area (Å²) in [6, 6.07) is 0. The van der Waals surface area contributed by atoms with E-state index in [0.717, 1.165) is 0 Å². The number of rotatable bonds is 4. The largest absolute Gasteiger partial charge is 0.339 e. The molecule has 7 nitrogen and oxygen atoms in total. The Morgan fingerprint density at radius 3 is 2.33 bits per heavy atom. The van der Waals surface area contributed by atoms with Crippen molar-refractivity contribution in [1.82, 2.24) is 19.9 Å². The number of aromatic nitrogens is 2. The van der Waals surface area contributed by atoms with Crippen molar-refractivity contribution in [3.63, 3.8) is 0 Å². The molecule has 0 saturated carbocycles. The molecule has 0 aromatic carbocycles.